The molecule has 9 heteroatoms. The summed E-state index contributed by atoms with van der Waals surface area (Å²) in [6.45, 7) is 3.08. The topological polar surface area (TPSA) is 104 Å². The van der Waals surface area contributed by atoms with E-state index in [0.717, 1.165) is 5.56 Å². The van der Waals surface area contributed by atoms with Gasteiger partial charge in [-0.25, -0.2) is 12.8 Å². The summed E-state index contributed by atoms with van der Waals surface area (Å²) in [4.78, 5) is 23.1. The van der Waals surface area contributed by atoms with Crippen molar-refractivity contribution >= 4 is 27.5 Å². The highest BCUT2D eigenvalue weighted by molar-refractivity contribution is 7.89. The number of rotatable bonds is 8. The molecule has 3 N–H and O–H groups in total. The van der Waals surface area contributed by atoms with Crippen LogP contribution < -0.4 is 15.4 Å². The van der Waals surface area contributed by atoms with Crippen molar-refractivity contribution in [1.82, 2.24) is 10.0 Å². The molecule has 0 unspecified atom stereocenters. The largest absolute Gasteiger partial charge is 0.354 e. The van der Waals surface area contributed by atoms with Crippen LogP contribution in [-0.2, 0) is 26.0 Å². The Morgan fingerprint density at radius 2 is 1.64 bits per heavy atom. The third-order valence-electron chi connectivity index (χ3n) is 3.84. The molecule has 0 saturated carbocycles. The zero-order chi connectivity index (χ0) is 20.7. The summed E-state index contributed by atoms with van der Waals surface area (Å²) in [6, 6.07) is 10.5. The fourth-order valence-corrected chi connectivity index (χ4v) is 3.61. The maximum atomic E-state index is 12.9. The van der Waals surface area contributed by atoms with E-state index >= 15 is 0 Å². The molecule has 150 valence electrons. The summed E-state index contributed by atoms with van der Waals surface area (Å²) >= 11 is 0. The Hall–Kier alpha value is -2.78. The number of carbonyl (C=O) groups is 2. The second-order valence-corrected chi connectivity index (χ2v) is 7.93. The monoisotopic (exact) mass is 407 g/mol. The highest BCUT2D eigenvalue weighted by Gasteiger charge is 2.21. The van der Waals surface area contributed by atoms with Crippen molar-refractivity contribution in [3.05, 3.63) is 59.9 Å². The van der Waals surface area contributed by atoms with Crippen LogP contribution in [0.15, 0.2) is 53.4 Å². The van der Waals surface area contributed by atoms with Gasteiger partial charge in [0.15, 0.2) is 0 Å². The van der Waals surface area contributed by atoms with E-state index in [0.29, 0.717) is 18.7 Å². The average molecular weight is 407 g/mol. The fraction of sp³-hybridized carbons (Fsp3) is 0.263. The van der Waals surface area contributed by atoms with Crippen molar-refractivity contribution < 1.29 is 22.4 Å². The van der Waals surface area contributed by atoms with E-state index in [-0.39, 0.29) is 16.6 Å². The molecule has 0 spiro atoms. The SMILES string of the molecule is CC(=O)Nc1ccc(S(=O)(=O)N[C@@H](C)C(=O)NCCc2ccc(F)cc2)cc1. The number of hydrogen-bond donors (Lipinski definition) is 3. The van der Waals surface area contributed by atoms with Crippen molar-refractivity contribution in [3.63, 3.8) is 0 Å². The number of carbonyl (C=O) groups excluding carboxylic acids is 2. The molecular weight excluding hydrogens is 385 g/mol. The lowest BCUT2D eigenvalue weighted by molar-refractivity contribution is -0.122. The molecule has 2 aromatic rings. The van der Waals surface area contributed by atoms with Crippen LogP contribution in [0.3, 0.4) is 0 Å². The molecule has 0 aliphatic heterocycles. The van der Waals surface area contributed by atoms with Gasteiger partial charge in [-0.15, -0.1) is 0 Å². The van der Waals surface area contributed by atoms with Gasteiger partial charge in [-0.2, -0.15) is 4.72 Å². The van der Waals surface area contributed by atoms with Gasteiger partial charge < -0.3 is 10.6 Å². The van der Waals surface area contributed by atoms with Gasteiger partial charge in [-0.3, -0.25) is 9.59 Å². The van der Waals surface area contributed by atoms with E-state index in [1.165, 1.54) is 50.2 Å². The standard InChI is InChI=1S/C19H22FN3O4S/c1-13(19(25)21-12-11-15-3-5-16(20)6-4-15)23-28(26,27)18-9-7-17(8-10-18)22-14(2)24/h3-10,13,23H,11-12H2,1-2H3,(H,21,25)(H,22,24)/t13-/m0/s1. The van der Waals surface area contributed by atoms with Gasteiger partial charge in [0.25, 0.3) is 0 Å². The Labute approximate surface area is 163 Å². The summed E-state index contributed by atoms with van der Waals surface area (Å²) in [5, 5.41) is 5.19. The van der Waals surface area contributed by atoms with Crippen molar-refractivity contribution in [2.75, 3.05) is 11.9 Å². The van der Waals surface area contributed by atoms with E-state index in [9.17, 15) is 22.4 Å². The zero-order valence-corrected chi connectivity index (χ0v) is 16.3. The van der Waals surface area contributed by atoms with Crippen LogP contribution in [0.25, 0.3) is 0 Å². The summed E-state index contributed by atoms with van der Waals surface area (Å²) in [5.41, 5.74) is 1.33. The van der Waals surface area contributed by atoms with Crippen LogP contribution in [0.1, 0.15) is 19.4 Å². The van der Waals surface area contributed by atoms with Crippen molar-refractivity contribution in [1.29, 1.82) is 0 Å². The third-order valence-corrected chi connectivity index (χ3v) is 5.39. The molecule has 1 atom stereocenters. The number of anilines is 1. The van der Waals surface area contributed by atoms with Gasteiger partial charge in [0.1, 0.15) is 5.82 Å². The van der Waals surface area contributed by atoms with E-state index in [2.05, 4.69) is 15.4 Å². The van der Waals surface area contributed by atoms with E-state index in [1.807, 2.05) is 0 Å². The van der Waals surface area contributed by atoms with Crippen molar-refractivity contribution in [2.45, 2.75) is 31.2 Å². The molecule has 0 bridgehead atoms. The Bertz CT molecular complexity index is 929. The minimum atomic E-state index is -3.90. The number of benzene rings is 2. The van der Waals surface area contributed by atoms with Gasteiger partial charge in [0, 0.05) is 19.2 Å². The summed E-state index contributed by atoms with van der Waals surface area (Å²) in [5.74, 6) is -1.07. The first-order valence-corrected chi connectivity index (χ1v) is 10.1. The minimum absolute atomic E-state index is 0.0208. The van der Waals surface area contributed by atoms with Crippen LogP contribution >= 0.6 is 0 Å². The Morgan fingerprint density at radius 3 is 2.21 bits per heavy atom. The predicted molar refractivity (Wildman–Crippen MR) is 104 cm³/mol. The summed E-state index contributed by atoms with van der Waals surface area (Å²) in [6.07, 6.45) is 0.496. The third kappa shape index (κ3) is 6.43. The lowest BCUT2D eigenvalue weighted by atomic mass is 10.1. The van der Waals surface area contributed by atoms with Crippen molar-refractivity contribution in [2.24, 2.45) is 0 Å². The Balaban J connectivity index is 1.88. The lowest BCUT2D eigenvalue weighted by Gasteiger charge is -2.15. The summed E-state index contributed by atoms with van der Waals surface area (Å²) < 4.78 is 40.0. The zero-order valence-electron chi connectivity index (χ0n) is 15.5. The van der Waals surface area contributed by atoms with Crippen LogP contribution in [0.5, 0.6) is 0 Å². The normalized spacial score (nSPS) is 12.2. The first kappa shape index (κ1) is 21.5. The molecule has 2 amide bonds. The first-order valence-electron chi connectivity index (χ1n) is 8.59. The number of sulfonamides is 1. The maximum absolute atomic E-state index is 12.9. The minimum Gasteiger partial charge on any atom is -0.354 e. The van der Waals surface area contributed by atoms with Gasteiger partial charge in [0.05, 0.1) is 10.9 Å². The van der Waals surface area contributed by atoms with Crippen LogP contribution in [0, 0.1) is 5.82 Å². The molecule has 0 radical (unpaired) electrons. The molecule has 2 rings (SSSR count). The Kier molecular flexibility index (Phi) is 7.24. The van der Waals surface area contributed by atoms with Crippen LogP contribution in [0.2, 0.25) is 0 Å². The molecule has 0 aliphatic carbocycles. The van der Waals surface area contributed by atoms with E-state index in [4.69, 9.17) is 0 Å². The molecule has 0 aliphatic rings. The van der Waals surface area contributed by atoms with Crippen LogP contribution in [0.4, 0.5) is 10.1 Å². The van der Waals surface area contributed by atoms with Gasteiger partial charge in [-0.1, -0.05) is 12.1 Å². The molecule has 0 saturated heterocycles. The quantitative estimate of drug-likeness (QED) is 0.621. The maximum Gasteiger partial charge on any atom is 0.241 e. The highest BCUT2D eigenvalue weighted by Crippen LogP contribution is 2.14. The molecular formula is C19H22FN3O4S. The highest BCUT2D eigenvalue weighted by atomic mass is 32.2. The fourth-order valence-electron chi connectivity index (χ4n) is 2.41. The molecule has 28 heavy (non-hydrogen) atoms. The van der Waals surface area contributed by atoms with Crippen LogP contribution in [-0.4, -0.2) is 32.8 Å². The smallest absolute Gasteiger partial charge is 0.241 e. The molecule has 0 heterocycles. The van der Waals surface area contributed by atoms with Gasteiger partial charge >= 0.3 is 0 Å². The van der Waals surface area contributed by atoms with Gasteiger partial charge in [-0.05, 0) is 55.3 Å². The summed E-state index contributed by atoms with van der Waals surface area (Å²) in [7, 11) is -3.90. The molecule has 0 aromatic heterocycles. The number of amides is 2. The lowest BCUT2D eigenvalue weighted by Crippen LogP contribution is -2.45. The first-order chi connectivity index (χ1) is 13.2. The molecule has 2 aromatic carbocycles. The predicted octanol–water partition coefficient (Wildman–Crippen LogP) is 1.81. The Morgan fingerprint density at radius 1 is 1.04 bits per heavy atom. The molecule has 7 nitrogen and oxygen atoms in total. The number of hydrogen-bond acceptors (Lipinski definition) is 4. The second-order valence-electron chi connectivity index (χ2n) is 6.22. The van der Waals surface area contributed by atoms with Crippen molar-refractivity contribution in [3.8, 4) is 0 Å². The average Bonchev–Trinajstić information content (AvgIpc) is 2.63. The van der Waals surface area contributed by atoms with E-state index in [1.54, 1.807) is 12.1 Å². The number of halogens is 1. The van der Waals surface area contributed by atoms with E-state index < -0.39 is 22.0 Å². The van der Waals surface area contributed by atoms with Gasteiger partial charge in [0.2, 0.25) is 21.8 Å². The second kappa shape index (κ2) is 9.43. The molecule has 0 fully saturated rings. The number of nitrogens with one attached hydrogen (secondary N) is 3.